The number of imidazole rings is 1. The maximum absolute atomic E-state index is 4.77. The summed E-state index contributed by atoms with van der Waals surface area (Å²) in [6.45, 7) is 18.4. The zero-order valence-corrected chi connectivity index (χ0v) is 17.0. The first-order valence-corrected chi connectivity index (χ1v) is 9.89. The molecule has 0 radical (unpaired) electrons. The molecule has 0 spiro atoms. The minimum Gasteiger partial charge on any atom is -0.357 e. The minimum absolute atomic E-state index is 0.476. The van der Waals surface area contributed by atoms with Crippen molar-refractivity contribution >= 4 is 5.96 Å². The Morgan fingerprint density at radius 1 is 1.38 bits per heavy atom. The zero-order chi connectivity index (χ0) is 18.9. The average molecular weight is 361 g/mol. The Morgan fingerprint density at radius 2 is 2.12 bits per heavy atom. The number of nitrogens with zero attached hydrogens (tertiary/aromatic N) is 4. The summed E-state index contributed by atoms with van der Waals surface area (Å²) in [6.07, 6.45) is 6.19. The van der Waals surface area contributed by atoms with Gasteiger partial charge in [-0.1, -0.05) is 26.0 Å². The molecular weight excluding hydrogens is 324 g/mol. The molecule has 1 fully saturated rings. The van der Waals surface area contributed by atoms with E-state index in [9.17, 15) is 0 Å². The molecule has 0 atom stereocenters. The molecule has 1 aromatic rings. The summed E-state index contributed by atoms with van der Waals surface area (Å²) in [5, 5.41) is 6.98. The van der Waals surface area contributed by atoms with E-state index >= 15 is 0 Å². The Morgan fingerprint density at radius 3 is 2.73 bits per heavy atom. The van der Waals surface area contributed by atoms with Gasteiger partial charge in [-0.05, 0) is 32.6 Å². The van der Waals surface area contributed by atoms with Gasteiger partial charge in [0.15, 0.2) is 5.96 Å². The Hall–Kier alpha value is -1.82. The van der Waals surface area contributed by atoms with Gasteiger partial charge in [-0.15, -0.1) is 0 Å². The van der Waals surface area contributed by atoms with E-state index in [1.807, 2.05) is 12.4 Å². The molecular formula is C20H36N6. The molecule has 1 aliphatic rings. The summed E-state index contributed by atoms with van der Waals surface area (Å²) in [6, 6.07) is 0.476. The Labute approximate surface area is 158 Å². The molecule has 0 bridgehead atoms. The molecule has 2 heterocycles. The largest absolute Gasteiger partial charge is 0.357 e. The lowest BCUT2D eigenvalue weighted by Gasteiger charge is -2.33. The minimum atomic E-state index is 0.476. The molecule has 1 saturated heterocycles. The molecule has 146 valence electrons. The van der Waals surface area contributed by atoms with Gasteiger partial charge in [0.25, 0.3) is 0 Å². The van der Waals surface area contributed by atoms with Gasteiger partial charge >= 0.3 is 0 Å². The standard InChI is InChI=1S/C20H36N6/c1-6-21-20(23-13-19-22-9-12-26(19)15-17(4)5)24-18-7-10-25(11-8-18)14-16(2)3/h9,12,17-18H,2,6-8,10-11,13-15H2,1,3-5H3,(H2,21,23,24). The first-order chi connectivity index (χ1) is 12.5. The molecule has 0 unspecified atom stereocenters. The van der Waals surface area contributed by atoms with Crippen LogP contribution in [0.15, 0.2) is 29.5 Å². The molecule has 0 saturated carbocycles. The fourth-order valence-electron chi connectivity index (χ4n) is 3.33. The predicted octanol–water partition coefficient (Wildman–Crippen LogP) is 2.63. The number of hydrogen-bond acceptors (Lipinski definition) is 3. The number of aromatic nitrogens is 2. The molecule has 0 aromatic carbocycles. The van der Waals surface area contributed by atoms with Crippen LogP contribution in [0.4, 0.5) is 0 Å². The van der Waals surface area contributed by atoms with E-state index in [1.54, 1.807) is 0 Å². The molecule has 2 N–H and O–H groups in total. The summed E-state index contributed by atoms with van der Waals surface area (Å²) in [4.78, 5) is 11.7. The quantitative estimate of drug-likeness (QED) is 0.425. The van der Waals surface area contributed by atoms with Crippen LogP contribution in [0.1, 0.15) is 46.4 Å². The van der Waals surface area contributed by atoms with E-state index < -0.39 is 0 Å². The highest BCUT2D eigenvalue weighted by Crippen LogP contribution is 2.11. The molecule has 6 nitrogen and oxygen atoms in total. The fourth-order valence-corrected chi connectivity index (χ4v) is 3.33. The highest BCUT2D eigenvalue weighted by molar-refractivity contribution is 5.80. The number of guanidine groups is 1. The lowest BCUT2D eigenvalue weighted by Crippen LogP contribution is -2.48. The van der Waals surface area contributed by atoms with Crippen LogP contribution in [0.3, 0.4) is 0 Å². The van der Waals surface area contributed by atoms with Crippen LogP contribution in [0.25, 0.3) is 0 Å². The van der Waals surface area contributed by atoms with E-state index in [1.165, 1.54) is 5.57 Å². The van der Waals surface area contributed by atoms with Gasteiger partial charge in [0.05, 0.1) is 0 Å². The van der Waals surface area contributed by atoms with Crippen molar-refractivity contribution in [3.05, 3.63) is 30.4 Å². The van der Waals surface area contributed by atoms with Gasteiger partial charge in [-0.2, -0.15) is 0 Å². The highest BCUT2D eigenvalue weighted by atomic mass is 15.2. The summed E-state index contributed by atoms with van der Waals surface area (Å²) in [5.41, 5.74) is 1.24. The lowest BCUT2D eigenvalue weighted by molar-refractivity contribution is 0.221. The van der Waals surface area contributed by atoms with E-state index in [-0.39, 0.29) is 0 Å². The van der Waals surface area contributed by atoms with Gasteiger partial charge in [0, 0.05) is 51.2 Å². The third-order valence-electron chi connectivity index (χ3n) is 4.51. The van der Waals surface area contributed by atoms with Crippen molar-refractivity contribution in [1.82, 2.24) is 25.1 Å². The summed E-state index contributed by atoms with van der Waals surface area (Å²) >= 11 is 0. The topological polar surface area (TPSA) is 57.5 Å². The number of rotatable bonds is 8. The fraction of sp³-hybridized carbons (Fsp3) is 0.700. The van der Waals surface area contributed by atoms with Crippen LogP contribution in [0.5, 0.6) is 0 Å². The number of hydrogen-bond donors (Lipinski definition) is 2. The smallest absolute Gasteiger partial charge is 0.191 e. The zero-order valence-electron chi connectivity index (χ0n) is 17.0. The molecule has 6 heteroatoms. The maximum Gasteiger partial charge on any atom is 0.191 e. The second-order valence-electron chi connectivity index (χ2n) is 7.74. The molecule has 0 aliphatic carbocycles. The molecule has 2 rings (SSSR count). The van der Waals surface area contributed by atoms with Crippen LogP contribution in [-0.4, -0.2) is 52.6 Å². The summed E-state index contributed by atoms with van der Waals surface area (Å²) in [7, 11) is 0. The third-order valence-corrected chi connectivity index (χ3v) is 4.51. The molecule has 1 aromatic heterocycles. The normalized spacial score (nSPS) is 16.9. The maximum atomic E-state index is 4.77. The SMILES string of the molecule is C=C(C)CN1CCC(NC(=NCc2nccn2CC(C)C)NCC)CC1. The second kappa shape index (κ2) is 10.4. The highest BCUT2D eigenvalue weighted by Gasteiger charge is 2.19. The second-order valence-corrected chi connectivity index (χ2v) is 7.74. The van der Waals surface area contributed by atoms with Crippen LogP contribution in [0, 0.1) is 5.92 Å². The van der Waals surface area contributed by atoms with Crippen molar-refractivity contribution in [2.45, 2.75) is 59.7 Å². The third kappa shape index (κ3) is 6.83. The Bertz CT molecular complexity index is 581. The average Bonchev–Trinajstić information content (AvgIpc) is 3.00. The Balaban J connectivity index is 1.89. The van der Waals surface area contributed by atoms with Crippen LogP contribution < -0.4 is 10.6 Å². The van der Waals surface area contributed by atoms with Crippen molar-refractivity contribution in [3.8, 4) is 0 Å². The molecule has 0 amide bonds. The first-order valence-electron chi connectivity index (χ1n) is 9.89. The van der Waals surface area contributed by atoms with E-state index in [0.717, 1.165) is 57.3 Å². The summed E-state index contributed by atoms with van der Waals surface area (Å²) in [5.74, 6) is 2.51. The van der Waals surface area contributed by atoms with Crippen molar-refractivity contribution in [3.63, 3.8) is 0 Å². The van der Waals surface area contributed by atoms with E-state index in [2.05, 4.69) is 59.4 Å². The van der Waals surface area contributed by atoms with Gasteiger partial charge in [-0.25, -0.2) is 9.98 Å². The van der Waals surface area contributed by atoms with Crippen LogP contribution >= 0.6 is 0 Å². The van der Waals surface area contributed by atoms with Crippen molar-refractivity contribution in [2.24, 2.45) is 10.9 Å². The van der Waals surface area contributed by atoms with Gasteiger partial charge < -0.3 is 15.2 Å². The predicted molar refractivity (Wildman–Crippen MR) is 109 cm³/mol. The summed E-state index contributed by atoms with van der Waals surface area (Å²) < 4.78 is 2.20. The van der Waals surface area contributed by atoms with Crippen LogP contribution in [0.2, 0.25) is 0 Å². The monoisotopic (exact) mass is 360 g/mol. The van der Waals surface area contributed by atoms with Crippen molar-refractivity contribution < 1.29 is 0 Å². The first kappa shape index (κ1) is 20.5. The van der Waals surface area contributed by atoms with Gasteiger partial charge in [0.2, 0.25) is 0 Å². The number of piperidine rings is 1. The van der Waals surface area contributed by atoms with Gasteiger partial charge in [-0.3, -0.25) is 4.90 Å². The van der Waals surface area contributed by atoms with Crippen molar-refractivity contribution in [1.29, 1.82) is 0 Å². The number of nitrogens with one attached hydrogen (secondary N) is 2. The van der Waals surface area contributed by atoms with Gasteiger partial charge in [0.1, 0.15) is 12.4 Å². The molecule has 1 aliphatic heterocycles. The number of aliphatic imine (C=N–C) groups is 1. The van der Waals surface area contributed by atoms with E-state index in [0.29, 0.717) is 18.5 Å². The van der Waals surface area contributed by atoms with Crippen molar-refractivity contribution in [2.75, 3.05) is 26.2 Å². The molecule has 26 heavy (non-hydrogen) atoms. The Kier molecular flexibility index (Phi) is 8.16. The van der Waals surface area contributed by atoms with Crippen LogP contribution in [-0.2, 0) is 13.1 Å². The van der Waals surface area contributed by atoms with E-state index in [4.69, 9.17) is 4.99 Å². The lowest BCUT2D eigenvalue weighted by atomic mass is 10.0. The number of likely N-dealkylation sites (tertiary alicyclic amines) is 1.